The molecule has 0 aliphatic heterocycles. The Morgan fingerprint density at radius 1 is 1.12 bits per heavy atom. The van der Waals surface area contributed by atoms with Gasteiger partial charge in [0.15, 0.2) is 0 Å². The van der Waals surface area contributed by atoms with E-state index in [4.69, 9.17) is 19.7 Å². The van der Waals surface area contributed by atoms with Crippen LogP contribution >= 0.6 is 0 Å². The zero-order valence-electron chi connectivity index (χ0n) is 9.98. The summed E-state index contributed by atoms with van der Waals surface area (Å²) in [6.07, 6.45) is 0. The predicted octanol–water partition coefficient (Wildman–Crippen LogP) is 2.25. The molecule has 17 heavy (non-hydrogen) atoms. The fourth-order valence-electron chi connectivity index (χ4n) is 1.66. The molecule has 1 aromatic carbocycles. The van der Waals surface area contributed by atoms with E-state index in [-0.39, 0.29) is 5.88 Å². The normalized spacial score (nSPS) is 10.3. The Morgan fingerprint density at radius 3 is 2.12 bits per heavy atom. The van der Waals surface area contributed by atoms with E-state index in [9.17, 15) is 0 Å². The second-order valence-electron chi connectivity index (χ2n) is 3.62. The molecule has 1 aromatic heterocycles. The van der Waals surface area contributed by atoms with Gasteiger partial charge in [-0.2, -0.15) is 0 Å². The number of nitrogen functional groups attached to an aromatic ring is 1. The van der Waals surface area contributed by atoms with E-state index in [2.05, 4.69) is 5.16 Å². The average Bonchev–Trinajstić information content (AvgIpc) is 2.76. The first kappa shape index (κ1) is 11.3. The van der Waals surface area contributed by atoms with Crippen molar-refractivity contribution in [2.45, 2.75) is 6.92 Å². The largest absolute Gasteiger partial charge is 0.496 e. The van der Waals surface area contributed by atoms with Crippen molar-refractivity contribution < 1.29 is 14.0 Å². The van der Waals surface area contributed by atoms with Gasteiger partial charge in [-0.25, -0.2) is 0 Å². The van der Waals surface area contributed by atoms with Crippen molar-refractivity contribution in [2.24, 2.45) is 0 Å². The third-order valence-electron chi connectivity index (χ3n) is 2.58. The first-order chi connectivity index (χ1) is 8.15. The average molecular weight is 234 g/mol. The third kappa shape index (κ3) is 2.04. The molecule has 0 radical (unpaired) electrons. The summed E-state index contributed by atoms with van der Waals surface area (Å²) < 4.78 is 15.4. The summed E-state index contributed by atoms with van der Waals surface area (Å²) in [5.41, 5.74) is 7.92. The topological polar surface area (TPSA) is 70.5 Å². The minimum atomic E-state index is 0.276. The Hall–Kier alpha value is -2.17. The Balaban J connectivity index is 2.55. The van der Waals surface area contributed by atoms with Gasteiger partial charge in [0.2, 0.25) is 5.88 Å². The molecule has 0 amide bonds. The molecule has 0 atom stereocenters. The number of aromatic nitrogens is 1. The van der Waals surface area contributed by atoms with E-state index in [0.29, 0.717) is 5.69 Å². The Bertz CT molecular complexity index is 509. The van der Waals surface area contributed by atoms with Crippen molar-refractivity contribution in [3.05, 3.63) is 23.8 Å². The maximum atomic E-state index is 5.50. The summed E-state index contributed by atoms with van der Waals surface area (Å²) in [5.74, 6) is 1.75. The summed E-state index contributed by atoms with van der Waals surface area (Å²) in [6.45, 7) is 1.93. The number of benzene rings is 1. The zero-order valence-corrected chi connectivity index (χ0v) is 9.98. The summed E-state index contributed by atoms with van der Waals surface area (Å²) in [6, 6.07) is 5.40. The molecule has 0 fully saturated rings. The maximum absolute atomic E-state index is 5.50. The highest BCUT2D eigenvalue weighted by atomic mass is 16.5. The third-order valence-corrected chi connectivity index (χ3v) is 2.58. The summed E-state index contributed by atoms with van der Waals surface area (Å²) >= 11 is 0. The molecule has 5 nitrogen and oxygen atoms in total. The van der Waals surface area contributed by atoms with E-state index in [1.165, 1.54) is 0 Å². The molecule has 1 heterocycles. The quantitative estimate of drug-likeness (QED) is 0.881. The molecular formula is C12H14N2O3. The van der Waals surface area contributed by atoms with Crippen molar-refractivity contribution in [3.63, 3.8) is 0 Å². The van der Waals surface area contributed by atoms with Gasteiger partial charge in [-0.05, 0) is 19.1 Å². The second-order valence-corrected chi connectivity index (χ2v) is 3.62. The van der Waals surface area contributed by atoms with Crippen LogP contribution in [-0.2, 0) is 0 Å². The summed E-state index contributed by atoms with van der Waals surface area (Å²) in [4.78, 5) is 0. The molecule has 90 valence electrons. The van der Waals surface area contributed by atoms with Gasteiger partial charge in [0, 0.05) is 17.2 Å². The number of hydrogen-bond donors (Lipinski definition) is 1. The number of methoxy groups -OCH3 is 2. The van der Waals surface area contributed by atoms with Crippen LogP contribution < -0.4 is 15.2 Å². The lowest BCUT2D eigenvalue weighted by atomic mass is 10.1. The van der Waals surface area contributed by atoms with Gasteiger partial charge >= 0.3 is 0 Å². The predicted molar refractivity (Wildman–Crippen MR) is 64.2 cm³/mol. The molecule has 0 bridgehead atoms. The van der Waals surface area contributed by atoms with Crippen molar-refractivity contribution in [1.29, 1.82) is 0 Å². The molecule has 2 aromatic rings. The molecule has 0 saturated carbocycles. The van der Waals surface area contributed by atoms with E-state index < -0.39 is 0 Å². The molecule has 0 aliphatic rings. The monoisotopic (exact) mass is 234 g/mol. The fraction of sp³-hybridized carbons (Fsp3) is 0.250. The van der Waals surface area contributed by atoms with Gasteiger partial charge in [0.05, 0.1) is 14.2 Å². The lowest BCUT2D eigenvalue weighted by Gasteiger charge is -2.11. The summed E-state index contributed by atoms with van der Waals surface area (Å²) in [5, 5.41) is 3.86. The van der Waals surface area contributed by atoms with Crippen molar-refractivity contribution in [2.75, 3.05) is 20.0 Å². The van der Waals surface area contributed by atoms with Crippen LogP contribution in [-0.4, -0.2) is 19.4 Å². The Labute approximate surface area is 99.1 Å². The van der Waals surface area contributed by atoms with E-state index in [1.807, 2.05) is 19.1 Å². The van der Waals surface area contributed by atoms with Crippen LogP contribution in [0.2, 0.25) is 0 Å². The standard InChI is InChI=1S/C12H14N2O3/c1-7-10(15-2)4-8(5-11(7)16-3)9-6-12(13)17-14-9/h4-6H,13H2,1-3H3. The second kappa shape index (κ2) is 4.37. The van der Waals surface area contributed by atoms with E-state index in [0.717, 1.165) is 22.6 Å². The van der Waals surface area contributed by atoms with Crippen LogP contribution in [0.3, 0.4) is 0 Å². The first-order valence-electron chi connectivity index (χ1n) is 5.11. The Morgan fingerprint density at radius 2 is 1.71 bits per heavy atom. The number of nitrogens with two attached hydrogens (primary N) is 1. The smallest absolute Gasteiger partial charge is 0.222 e. The Kier molecular flexibility index (Phi) is 2.91. The molecule has 0 aliphatic carbocycles. The molecule has 5 heteroatoms. The molecular weight excluding hydrogens is 220 g/mol. The van der Waals surface area contributed by atoms with Gasteiger partial charge in [-0.15, -0.1) is 0 Å². The first-order valence-corrected chi connectivity index (χ1v) is 5.11. The zero-order chi connectivity index (χ0) is 12.4. The van der Waals surface area contributed by atoms with Crippen LogP contribution in [0.15, 0.2) is 22.7 Å². The highest BCUT2D eigenvalue weighted by Gasteiger charge is 2.12. The van der Waals surface area contributed by atoms with Crippen LogP contribution in [0.1, 0.15) is 5.56 Å². The van der Waals surface area contributed by atoms with Crippen molar-refractivity contribution in [1.82, 2.24) is 5.16 Å². The molecule has 0 unspecified atom stereocenters. The van der Waals surface area contributed by atoms with Crippen LogP contribution in [0.25, 0.3) is 11.3 Å². The van der Waals surface area contributed by atoms with Gasteiger partial charge in [-0.3, -0.25) is 0 Å². The molecule has 0 saturated heterocycles. The fourth-order valence-corrected chi connectivity index (χ4v) is 1.66. The van der Waals surface area contributed by atoms with Crippen LogP contribution in [0.4, 0.5) is 5.88 Å². The van der Waals surface area contributed by atoms with E-state index >= 15 is 0 Å². The van der Waals surface area contributed by atoms with Gasteiger partial charge in [0.25, 0.3) is 0 Å². The number of nitrogens with zero attached hydrogens (tertiary/aromatic N) is 1. The maximum Gasteiger partial charge on any atom is 0.222 e. The number of rotatable bonds is 3. The number of ether oxygens (including phenoxy) is 2. The van der Waals surface area contributed by atoms with Crippen LogP contribution in [0, 0.1) is 6.92 Å². The molecule has 2 N–H and O–H groups in total. The number of hydrogen-bond acceptors (Lipinski definition) is 5. The van der Waals surface area contributed by atoms with E-state index in [1.54, 1.807) is 20.3 Å². The van der Waals surface area contributed by atoms with Crippen molar-refractivity contribution >= 4 is 5.88 Å². The minimum Gasteiger partial charge on any atom is -0.496 e. The van der Waals surface area contributed by atoms with Crippen LogP contribution in [0.5, 0.6) is 11.5 Å². The molecule has 0 spiro atoms. The minimum absolute atomic E-state index is 0.276. The summed E-state index contributed by atoms with van der Waals surface area (Å²) in [7, 11) is 3.23. The van der Waals surface area contributed by atoms with Gasteiger partial charge < -0.3 is 19.7 Å². The van der Waals surface area contributed by atoms with Crippen molar-refractivity contribution in [3.8, 4) is 22.8 Å². The lowest BCUT2D eigenvalue weighted by molar-refractivity contribution is 0.389. The van der Waals surface area contributed by atoms with Gasteiger partial charge in [0.1, 0.15) is 17.2 Å². The van der Waals surface area contributed by atoms with Gasteiger partial charge in [-0.1, -0.05) is 5.16 Å². The number of anilines is 1. The highest BCUT2D eigenvalue weighted by molar-refractivity contribution is 5.67. The molecule has 2 rings (SSSR count). The lowest BCUT2D eigenvalue weighted by Crippen LogP contribution is -1.93. The SMILES string of the molecule is COc1cc(-c2cc(N)on2)cc(OC)c1C. The highest BCUT2D eigenvalue weighted by Crippen LogP contribution is 2.34.